The number of ether oxygens (including phenoxy) is 1. The third kappa shape index (κ3) is 2.82. The van der Waals surface area contributed by atoms with E-state index in [1.54, 1.807) is 12.5 Å². The van der Waals surface area contributed by atoms with Crippen LogP contribution < -0.4 is 5.73 Å². The van der Waals surface area contributed by atoms with Gasteiger partial charge in [0.25, 0.3) is 0 Å². The summed E-state index contributed by atoms with van der Waals surface area (Å²) in [6.45, 7) is 1.07. The van der Waals surface area contributed by atoms with Crippen molar-refractivity contribution in [3.63, 3.8) is 0 Å². The fourth-order valence-corrected chi connectivity index (χ4v) is 1.20. The molecule has 0 aliphatic heterocycles. The van der Waals surface area contributed by atoms with Crippen molar-refractivity contribution >= 4 is 5.69 Å². The van der Waals surface area contributed by atoms with Crippen molar-refractivity contribution in [2.24, 2.45) is 0 Å². The number of hydrogen-bond donors (Lipinski definition) is 1. The molecule has 0 aliphatic rings. The van der Waals surface area contributed by atoms with E-state index in [0.717, 1.165) is 16.8 Å². The number of nitrogens with zero attached hydrogens (tertiary/aromatic N) is 1. The zero-order valence-electron chi connectivity index (χ0n) is 8.22. The molecule has 15 heavy (non-hydrogen) atoms. The van der Waals surface area contributed by atoms with E-state index >= 15 is 0 Å². The van der Waals surface area contributed by atoms with Crippen molar-refractivity contribution < 1.29 is 9.26 Å². The summed E-state index contributed by atoms with van der Waals surface area (Å²) in [5, 5.41) is 3.59. The second-order valence-electron chi connectivity index (χ2n) is 3.27. The Morgan fingerprint density at radius 1 is 1.13 bits per heavy atom. The second kappa shape index (κ2) is 4.61. The minimum atomic E-state index is 0.508. The fourth-order valence-electron chi connectivity index (χ4n) is 1.20. The van der Waals surface area contributed by atoms with Gasteiger partial charge in [-0.15, -0.1) is 0 Å². The monoisotopic (exact) mass is 204 g/mol. The quantitative estimate of drug-likeness (QED) is 0.773. The molecule has 0 spiro atoms. The van der Waals surface area contributed by atoms with E-state index in [4.69, 9.17) is 10.5 Å². The topological polar surface area (TPSA) is 61.3 Å². The molecule has 0 amide bonds. The highest BCUT2D eigenvalue weighted by molar-refractivity contribution is 5.39. The van der Waals surface area contributed by atoms with Crippen molar-refractivity contribution in [3.05, 3.63) is 47.9 Å². The number of hydrogen-bond acceptors (Lipinski definition) is 4. The Balaban J connectivity index is 1.81. The molecule has 4 heteroatoms. The van der Waals surface area contributed by atoms with Gasteiger partial charge in [0.1, 0.15) is 6.26 Å². The van der Waals surface area contributed by atoms with E-state index < -0.39 is 0 Å². The number of nitrogen functional groups attached to an aromatic ring is 1. The van der Waals surface area contributed by atoms with Crippen LogP contribution in [0.4, 0.5) is 5.69 Å². The minimum absolute atomic E-state index is 0.508. The lowest BCUT2D eigenvalue weighted by Gasteiger charge is -2.02. The van der Waals surface area contributed by atoms with Gasteiger partial charge in [-0.2, -0.15) is 0 Å². The van der Waals surface area contributed by atoms with Crippen molar-refractivity contribution in [2.45, 2.75) is 13.2 Å². The molecule has 1 aromatic carbocycles. The van der Waals surface area contributed by atoms with E-state index in [1.807, 2.05) is 24.3 Å². The van der Waals surface area contributed by atoms with Gasteiger partial charge < -0.3 is 15.0 Å². The molecule has 0 aliphatic carbocycles. The third-order valence-corrected chi connectivity index (χ3v) is 2.00. The van der Waals surface area contributed by atoms with Crippen molar-refractivity contribution in [2.75, 3.05) is 5.73 Å². The third-order valence-electron chi connectivity index (χ3n) is 2.00. The molecular formula is C11H12N2O2. The van der Waals surface area contributed by atoms with Crippen LogP contribution in [-0.4, -0.2) is 5.16 Å². The number of nitrogens with two attached hydrogens (primary N) is 1. The SMILES string of the molecule is Nc1ccc(COCc2cnoc2)cc1. The largest absolute Gasteiger partial charge is 0.399 e. The number of rotatable bonds is 4. The van der Waals surface area contributed by atoms with E-state index in [1.165, 1.54) is 0 Å². The normalized spacial score (nSPS) is 10.4. The average Bonchev–Trinajstić information content (AvgIpc) is 2.74. The zero-order valence-corrected chi connectivity index (χ0v) is 8.22. The van der Waals surface area contributed by atoms with Crippen LogP contribution in [0.3, 0.4) is 0 Å². The number of aromatic nitrogens is 1. The van der Waals surface area contributed by atoms with Crippen LogP contribution in [0.1, 0.15) is 11.1 Å². The van der Waals surface area contributed by atoms with Gasteiger partial charge in [0, 0.05) is 11.3 Å². The highest BCUT2D eigenvalue weighted by Gasteiger charge is 1.96. The summed E-state index contributed by atoms with van der Waals surface area (Å²) in [6.07, 6.45) is 3.21. The first-order valence-electron chi connectivity index (χ1n) is 4.65. The predicted octanol–water partition coefficient (Wildman–Crippen LogP) is 1.97. The highest BCUT2D eigenvalue weighted by Crippen LogP contribution is 2.08. The van der Waals surface area contributed by atoms with Gasteiger partial charge in [0.15, 0.2) is 0 Å². The molecule has 0 unspecified atom stereocenters. The highest BCUT2D eigenvalue weighted by atomic mass is 16.5. The lowest BCUT2D eigenvalue weighted by Crippen LogP contribution is -1.93. The van der Waals surface area contributed by atoms with Crippen molar-refractivity contribution in [1.29, 1.82) is 0 Å². The Labute approximate surface area is 87.6 Å². The summed E-state index contributed by atoms with van der Waals surface area (Å²) in [6, 6.07) is 7.61. The fraction of sp³-hybridized carbons (Fsp3) is 0.182. The summed E-state index contributed by atoms with van der Waals surface area (Å²) in [5.41, 5.74) is 8.37. The van der Waals surface area contributed by atoms with Gasteiger partial charge in [-0.3, -0.25) is 0 Å². The molecule has 0 bridgehead atoms. The molecule has 0 fully saturated rings. The van der Waals surface area contributed by atoms with E-state index in [2.05, 4.69) is 9.68 Å². The molecule has 2 aromatic rings. The van der Waals surface area contributed by atoms with Crippen LogP contribution in [0.5, 0.6) is 0 Å². The first-order chi connectivity index (χ1) is 7.34. The summed E-state index contributed by atoms with van der Waals surface area (Å²) < 4.78 is 10.1. The lowest BCUT2D eigenvalue weighted by atomic mass is 10.2. The van der Waals surface area contributed by atoms with Gasteiger partial charge in [-0.05, 0) is 17.7 Å². The number of benzene rings is 1. The molecule has 2 N–H and O–H groups in total. The summed E-state index contributed by atoms with van der Waals surface area (Å²) >= 11 is 0. The minimum Gasteiger partial charge on any atom is -0.399 e. The molecule has 1 aromatic heterocycles. The molecule has 1 heterocycles. The van der Waals surface area contributed by atoms with Gasteiger partial charge in [0.2, 0.25) is 0 Å². The molecule has 0 saturated heterocycles. The maximum Gasteiger partial charge on any atom is 0.129 e. The van der Waals surface area contributed by atoms with E-state index in [9.17, 15) is 0 Å². The Hall–Kier alpha value is -1.81. The standard InChI is InChI=1S/C11H12N2O2/c12-11-3-1-9(2-4-11)6-14-7-10-5-13-15-8-10/h1-5,8H,6-7,12H2. The average molecular weight is 204 g/mol. The Morgan fingerprint density at radius 3 is 2.53 bits per heavy atom. The molecular weight excluding hydrogens is 192 g/mol. The van der Waals surface area contributed by atoms with Gasteiger partial charge in [-0.1, -0.05) is 17.3 Å². The van der Waals surface area contributed by atoms with Crippen LogP contribution in [0.25, 0.3) is 0 Å². The summed E-state index contributed by atoms with van der Waals surface area (Å²) in [4.78, 5) is 0. The zero-order chi connectivity index (χ0) is 10.5. The lowest BCUT2D eigenvalue weighted by molar-refractivity contribution is 0.107. The van der Waals surface area contributed by atoms with Crippen molar-refractivity contribution in [1.82, 2.24) is 5.16 Å². The van der Waals surface area contributed by atoms with Gasteiger partial charge in [-0.25, -0.2) is 0 Å². The van der Waals surface area contributed by atoms with Gasteiger partial charge in [0.05, 0.1) is 19.4 Å². The molecule has 0 saturated carbocycles. The van der Waals surface area contributed by atoms with Crippen LogP contribution in [0.15, 0.2) is 41.2 Å². The summed E-state index contributed by atoms with van der Waals surface area (Å²) in [5.74, 6) is 0. The first-order valence-corrected chi connectivity index (χ1v) is 4.65. The number of anilines is 1. The smallest absolute Gasteiger partial charge is 0.129 e. The van der Waals surface area contributed by atoms with E-state index in [0.29, 0.717) is 13.2 Å². The predicted molar refractivity (Wildman–Crippen MR) is 55.9 cm³/mol. The van der Waals surface area contributed by atoms with Crippen molar-refractivity contribution in [3.8, 4) is 0 Å². The maximum absolute atomic E-state index is 5.57. The summed E-state index contributed by atoms with van der Waals surface area (Å²) in [7, 11) is 0. The molecule has 2 rings (SSSR count). The molecule has 0 radical (unpaired) electrons. The molecule has 0 atom stereocenters. The first kappa shape index (κ1) is 9.73. The Morgan fingerprint density at radius 2 is 1.87 bits per heavy atom. The second-order valence-corrected chi connectivity index (χ2v) is 3.27. The van der Waals surface area contributed by atoms with Crippen LogP contribution in [-0.2, 0) is 18.0 Å². The van der Waals surface area contributed by atoms with Gasteiger partial charge >= 0.3 is 0 Å². The van der Waals surface area contributed by atoms with Crippen LogP contribution in [0, 0.1) is 0 Å². The Kier molecular flexibility index (Phi) is 2.99. The van der Waals surface area contributed by atoms with Crippen LogP contribution in [0.2, 0.25) is 0 Å². The Bertz CT molecular complexity index is 395. The maximum atomic E-state index is 5.57. The van der Waals surface area contributed by atoms with E-state index in [-0.39, 0.29) is 0 Å². The molecule has 4 nitrogen and oxygen atoms in total. The molecule has 78 valence electrons. The van der Waals surface area contributed by atoms with Crippen LogP contribution >= 0.6 is 0 Å².